The first-order valence-corrected chi connectivity index (χ1v) is 10.7. The van der Waals surface area contributed by atoms with Gasteiger partial charge in [0.05, 0.1) is 18.2 Å². The molecule has 186 valence electrons. The summed E-state index contributed by atoms with van der Waals surface area (Å²) in [5, 5.41) is 8.95. The summed E-state index contributed by atoms with van der Waals surface area (Å²) in [5.74, 6) is -1.74. The van der Waals surface area contributed by atoms with Gasteiger partial charge in [0.15, 0.2) is 0 Å². The topological polar surface area (TPSA) is 137 Å². The predicted octanol–water partition coefficient (Wildman–Crippen LogP) is 4.62. The molecule has 2 heterocycles. The van der Waals surface area contributed by atoms with Crippen LogP contribution < -0.4 is 16.2 Å². The van der Waals surface area contributed by atoms with E-state index in [1.54, 1.807) is 42.5 Å². The molecule has 0 spiro atoms. The number of ether oxygens (including phenoxy) is 1. The number of alkyl halides is 3. The van der Waals surface area contributed by atoms with Gasteiger partial charge in [0, 0.05) is 22.8 Å². The van der Waals surface area contributed by atoms with E-state index < -0.39 is 24.3 Å². The second kappa shape index (κ2) is 10.1. The van der Waals surface area contributed by atoms with Crippen LogP contribution in [0, 0.1) is 0 Å². The number of rotatable bonds is 8. The summed E-state index contributed by atoms with van der Waals surface area (Å²) in [7, 11) is 0. The fraction of sp³-hybridized carbons (Fsp3) is 0.160. The molecule has 11 heteroatoms. The molecule has 0 saturated carbocycles. The fourth-order valence-electron chi connectivity index (χ4n) is 3.53. The fourth-order valence-corrected chi connectivity index (χ4v) is 3.53. The van der Waals surface area contributed by atoms with Gasteiger partial charge in [-0.2, -0.15) is 18.2 Å². The molecule has 0 aliphatic carbocycles. The largest absolute Gasteiger partial charge is 0.480 e. The van der Waals surface area contributed by atoms with Crippen molar-refractivity contribution in [2.45, 2.75) is 24.7 Å². The molecule has 0 saturated heterocycles. The van der Waals surface area contributed by atoms with E-state index in [9.17, 15) is 18.0 Å². The van der Waals surface area contributed by atoms with Crippen LogP contribution in [0.1, 0.15) is 17.2 Å². The Morgan fingerprint density at radius 1 is 1.00 bits per heavy atom. The van der Waals surface area contributed by atoms with Gasteiger partial charge in [-0.25, -0.2) is 4.98 Å². The van der Waals surface area contributed by atoms with Crippen molar-refractivity contribution in [3.05, 3.63) is 84.3 Å². The number of aromatic nitrogens is 2. The Morgan fingerprint density at radius 3 is 2.25 bits per heavy atom. The molecular formula is C25H21F3N4O4. The number of nitrogens with zero attached hydrogens (tertiary/aromatic N) is 2. The molecule has 0 fully saturated rings. The Balaban J connectivity index is 1.58. The zero-order valence-corrected chi connectivity index (χ0v) is 18.6. The van der Waals surface area contributed by atoms with Crippen LogP contribution in [0.3, 0.4) is 0 Å². The lowest BCUT2D eigenvalue weighted by Gasteiger charge is -2.22. The van der Waals surface area contributed by atoms with Crippen LogP contribution in [-0.4, -0.2) is 33.3 Å². The number of carboxylic acid groups (broad SMARTS) is 1. The molecule has 0 amide bonds. The van der Waals surface area contributed by atoms with Gasteiger partial charge in [-0.15, -0.1) is 0 Å². The third kappa shape index (κ3) is 5.81. The summed E-state index contributed by atoms with van der Waals surface area (Å²) in [6.07, 6.45) is -3.95. The molecule has 1 unspecified atom stereocenters. The van der Waals surface area contributed by atoms with Gasteiger partial charge >= 0.3 is 12.1 Å². The van der Waals surface area contributed by atoms with Gasteiger partial charge in [0.25, 0.3) is 0 Å². The highest BCUT2D eigenvalue weighted by Gasteiger charge is 2.43. The quantitative estimate of drug-likeness (QED) is 0.320. The van der Waals surface area contributed by atoms with Crippen molar-refractivity contribution in [3.63, 3.8) is 0 Å². The number of nitrogen functional groups attached to an aromatic ring is 1. The van der Waals surface area contributed by atoms with Crippen LogP contribution in [0.4, 0.5) is 19.1 Å². The molecule has 2 atom stereocenters. The molecule has 2 aromatic carbocycles. The Kier molecular flexibility index (Phi) is 6.93. The Morgan fingerprint density at radius 2 is 1.67 bits per heavy atom. The number of hydrogen-bond acceptors (Lipinski definition) is 7. The van der Waals surface area contributed by atoms with E-state index in [4.69, 9.17) is 25.7 Å². The summed E-state index contributed by atoms with van der Waals surface area (Å²) in [4.78, 5) is 18.9. The minimum atomic E-state index is -4.73. The predicted molar refractivity (Wildman–Crippen MR) is 125 cm³/mol. The van der Waals surface area contributed by atoms with Crippen LogP contribution in [0.15, 0.2) is 77.6 Å². The average Bonchev–Trinajstić information content (AvgIpc) is 3.37. The van der Waals surface area contributed by atoms with Crippen molar-refractivity contribution in [2.24, 2.45) is 5.73 Å². The lowest BCUT2D eigenvalue weighted by atomic mass is 10.0. The first-order chi connectivity index (χ1) is 17.1. The third-order valence-electron chi connectivity index (χ3n) is 5.35. The summed E-state index contributed by atoms with van der Waals surface area (Å²) >= 11 is 0. The molecular weight excluding hydrogens is 477 g/mol. The lowest BCUT2D eigenvalue weighted by Crippen LogP contribution is -2.32. The first kappa shape index (κ1) is 24.7. The minimum absolute atomic E-state index is 0.114. The normalized spacial score (nSPS) is 13.2. The van der Waals surface area contributed by atoms with E-state index in [2.05, 4.69) is 9.97 Å². The van der Waals surface area contributed by atoms with Gasteiger partial charge in [-0.1, -0.05) is 48.5 Å². The molecule has 0 radical (unpaired) electrons. The first-order valence-electron chi connectivity index (χ1n) is 10.7. The van der Waals surface area contributed by atoms with Crippen LogP contribution in [-0.2, 0) is 11.2 Å². The van der Waals surface area contributed by atoms with E-state index >= 15 is 0 Å². The third-order valence-corrected chi connectivity index (χ3v) is 5.35. The molecule has 2 aromatic heterocycles. The monoisotopic (exact) mass is 498 g/mol. The van der Waals surface area contributed by atoms with Crippen molar-refractivity contribution < 1.29 is 32.2 Å². The molecule has 0 aliphatic rings. The number of halogens is 3. The number of anilines is 1. The highest BCUT2D eigenvalue weighted by molar-refractivity contribution is 5.73. The summed E-state index contributed by atoms with van der Waals surface area (Å²) in [6, 6.07) is 14.2. The smallest absolute Gasteiger partial charge is 0.429 e. The Hall–Kier alpha value is -4.38. The zero-order valence-electron chi connectivity index (χ0n) is 18.6. The van der Waals surface area contributed by atoms with Crippen molar-refractivity contribution in [2.75, 3.05) is 5.73 Å². The van der Waals surface area contributed by atoms with Crippen molar-refractivity contribution in [1.29, 1.82) is 0 Å². The van der Waals surface area contributed by atoms with E-state index in [1.807, 2.05) is 0 Å². The number of hydrogen-bond donors (Lipinski definition) is 3. The van der Waals surface area contributed by atoms with E-state index in [0.29, 0.717) is 16.7 Å². The zero-order chi connectivity index (χ0) is 25.9. The number of benzene rings is 2. The van der Waals surface area contributed by atoms with Gasteiger partial charge in [-0.05, 0) is 23.6 Å². The van der Waals surface area contributed by atoms with E-state index in [-0.39, 0.29) is 29.5 Å². The summed E-state index contributed by atoms with van der Waals surface area (Å²) in [6.45, 7) is 0. The number of carbonyl (C=O) groups is 1. The van der Waals surface area contributed by atoms with Crippen LogP contribution in [0.5, 0.6) is 5.88 Å². The van der Waals surface area contributed by atoms with Crippen molar-refractivity contribution in [1.82, 2.24) is 9.97 Å². The average molecular weight is 498 g/mol. The maximum atomic E-state index is 13.9. The minimum Gasteiger partial charge on any atom is -0.480 e. The number of aliphatic carboxylic acids is 1. The number of carboxylic acids is 1. The molecule has 4 rings (SSSR count). The second-order valence-electron chi connectivity index (χ2n) is 7.97. The molecule has 36 heavy (non-hydrogen) atoms. The standard InChI is InChI=1S/C25H21F3N4O4/c26-25(27,28)22(17-7-5-15(6-8-17)18-9-10-35-13-18)36-21-12-20(31-24(30)32-21)16-3-1-14(2-4-16)11-19(29)23(33)34/h1-10,12-13,19,22H,11,29H2,(H,33,34)(H2,30,31,32)/t19?,22-/m0/s1. The molecule has 0 bridgehead atoms. The van der Waals surface area contributed by atoms with Crippen LogP contribution >= 0.6 is 0 Å². The Bertz CT molecular complexity index is 1330. The van der Waals surface area contributed by atoms with Gasteiger partial charge in [0.2, 0.25) is 17.9 Å². The molecule has 5 N–H and O–H groups in total. The summed E-state index contributed by atoms with van der Waals surface area (Å²) < 4.78 is 52.1. The van der Waals surface area contributed by atoms with E-state index in [0.717, 1.165) is 5.56 Å². The van der Waals surface area contributed by atoms with E-state index in [1.165, 1.54) is 30.7 Å². The highest BCUT2D eigenvalue weighted by atomic mass is 19.4. The van der Waals surface area contributed by atoms with Crippen molar-refractivity contribution in [3.8, 4) is 28.3 Å². The lowest BCUT2D eigenvalue weighted by molar-refractivity contribution is -0.198. The van der Waals surface area contributed by atoms with Crippen LogP contribution in [0.2, 0.25) is 0 Å². The van der Waals surface area contributed by atoms with Gasteiger partial charge < -0.3 is 25.7 Å². The maximum Gasteiger partial charge on any atom is 0.429 e. The van der Waals surface area contributed by atoms with Gasteiger partial charge in [-0.3, -0.25) is 4.79 Å². The summed E-state index contributed by atoms with van der Waals surface area (Å²) in [5.41, 5.74) is 14.0. The maximum absolute atomic E-state index is 13.9. The number of nitrogens with two attached hydrogens (primary N) is 2. The second-order valence-corrected chi connectivity index (χ2v) is 7.97. The van der Waals surface area contributed by atoms with Crippen LogP contribution in [0.25, 0.3) is 22.4 Å². The highest BCUT2D eigenvalue weighted by Crippen LogP contribution is 2.38. The van der Waals surface area contributed by atoms with Gasteiger partial charge in [0.1, 0.15) is 6.04 Å². The molecule has 4 aromatic rings. The number of furan rings is 1. The SMILES string of the molecule is Nc1nc(O[C@@H](c2ccc(-c3ccoc3)cc2)C(F)(F)F)cc(-c2ccc(CC(N)C(=O)O)cc2)n1. The molecule has 0 aliphatic heterocycles. The molecule has 8 nitrogen and oxygen atoms in total. The Labute approximate surface area is 203 Å². The van der Waals surface area contributed by atoms with Crippen molar-refractivity contribution >= 4 is 11.9 Å².